The first-order valence-electron chi connectivity index (χ1n) is 4.57. The SMILES string of the molecule is O=C(O)c1cc(F)c(C(O)C(O)CO)cc1Cl. The molecule has 0 spiro atoms. The van der Waals surface area contributed by atoms with E-state index in [1.807, 2.05) is 0 Å². The predicted octanol–water partition coefficient (Wildman–Crippen LogP) is 0.564. The Morgan fingerprint density at radius 1 is 1.41 bits per heavy atom. The standard InChI is InChI=1S/C10H10ClFO5/c11-6-1-5(9(15)8(14)3-13)7(12)2-4(6)10(16)17/h1-2,8-9,13-15H,3H2,(H,16,17). The summed E-state index contributed by atoms with van der Waals surface area (Å²) in [6.45, 7) is -0.765. The number of carbonyl (C=O) groups is 1. The molecule has 2 atom stereocenters. The van der Waals surface area contributed by atoms with Gasteiger partial charge < -0.3 is 20.4 Å². The van der Waals surface area contributed by atoms with Crippen LogP contribution in [0.3, 0.4) is 0 Å². The molecule has 1 aromatic rings. The van der Waals surface area contributed by atoms with Crippen LogP contribution in [0.4, 0.5) is 4.39 Å². The number of halogens is 2. The van der Waals surface area contributed by atoms with Crippen LogP contribution in [0.5, 0.6) is 0 Å². The number of rotatable bonds is 4. The van der Waals surface area contributed by atoms with Crippen LogP contribution in [0.2, 0.25) is 5.02 Å². The maximum absolute atomic E-state index is 13.5. The van der Waals surface area contributed by atoms with Crippen LogP contribution in [0, 0.1) is 5.82 Å². The molecule has 0 aliphatic rings. The zero-order chi connectivity index (χ0) is 13.2. The Morgan fingerprint density at radius 2 is 2.00 bits per heavy atom. The number of aliphatic hydroxyl groups is 3. The molecular weight excluding hydrogens is 255 g/mol. The lowest BCUT2D eigenvalue weighted by Crippen LogP contribution is -2.23. The van der Waals surface area contributed by atoms with Crippen LogP contribution >= 0.6 is 11.6 Å². The third-order valence-corrected chi connectivity index (χ3v) is 2.50. The summed E-state index contributed by atoms with van der Waals surface area (Å²) in [7, 11) is 0. The second-order valence-corrected chi connectivity index (χ2v) is 3.76. The van der Waals surface area contributed by atoms with Crippen LogP contribution < -0.4 is 0 Å². The second kappa shape index (κ2) is 5.42. The maximum atomic E-state index is 13.5. The molecule has 0 saturated carbocycles. The highest BCUT2D eigenvalue weighted by atomic mass is 35.5. The Morgan fingerprint density at radius 3 is 2.47 bits per heavy atom. The molecule has 0 heterocycles. The monoisotopic (exact) mass is 264 g/mol. The highest BCUT2D eigenvalue weighted by molar-refractivity contribution is 6.33. The zero-order valence-corrected chi connectivity index (χ0v) is 9.23. The Bertz CT molecular complexity index is 437. The van der Waals surface area contributed by atoms with Gasteiger partial charge in [-0.1, -0.05) is 11.6 Å². The summed E-state index contributed by atoms with van der Waals surface area (Å²) in [4.78, 5) is 10.6. The van der Waals surface area contributed by atoms with Crippen LogP contribution in [0.15, 0.2) is 12.1 Å². The topological polar surface area (TPSA) is 98.0 Å². The molecule has 0 radical (unpaired) electrons. The fourth-order valence-electron chi connectivity index (χ4n) is 1.26. The molecule has 5 nitrogen and oxygen atoms in total. The van der Waals surface area contributed by atoms with E-state index in [1.54, 1.807) is 0 Å². The summed E-state index contributed by atoms with van der Waals surface area (Å²) in [6, 6.07) is 1.55. The van der Waals surface area contributed by atoms with Gasteiger partial charge in [-0.3, -0.25) is 0 Å². The van der Waals surface area contributed by atoms with Gasteiger partial charge in [0.15, 0.2) is 0 Å². The molecular formula is C10H10ClFO5. The van der Waals surface area contributed by atoms with Crippen LogP contribution in [-0.2, 0) is 0 Å². The van der Waals surface area contributed by atoms with Gasteiger partial charge in [0.1, 0.15) is 18.0 Å². The molecule has 0 saturated heterocycles. The van der Waals surface area contributed by atoms with Crippen molar-refractivity contribution in [2.24, 2.45) is 0 Å². The van der Waals surface area contributed by atoms with Crippen molar-refractivity contribution in [3.05, 3.63) is 34.1 Å². The molecule has 1 aromatic carbocycles. The van der Waals surface area contributed by atoms with Crippen molar-refractivity contribution in [2.45, 2.75) is 12.2 Å². The van der Waals surface area contributed by atoms with Crippen molar-refractivity contribution in [3.8, 4) is 0 Å². The fourth-order valence-corrected chi connectivity index (χ4v) is 1.51. The molecule has 1 rings (SSSR count). The first-order chi connectivity index (χ1) is 7.88. The number of aromatic carboxylic acids is 1. The van der Waals surface area contributed by atoms with Gasteiger partial charge in [0.25, 0.3) is 0 Å². The Labute approximate surface area is 101 Å². The van der Waals surface area contributed by atoms with Gasteiger partial charge in [0, 0.05) is 5.56 Å². The van der Waals surface area contributed by atoms with E-state index in [-0.39, 0.29) is 10.6 Å². The number of carboxylic acids is 1. The molecule has 4 N–H and O–H groups in total. The zero-order valence-electron chi connectivity index (χ0n) is 8.47. The van der Waals surface area contributed by atoms with Gasteiger partial charge in [-0.2, -0.15) is 0 Å². The first kappa shape index (κ1) is 13.9. The lowest BCUT2D eigenvalue weighted by Gasteiger charge is -2.17. The molecule has 2 unspecified atom stereocenters. The number of aliphatic hydroxyl groups excluding tert-OH is 3. The van der Waals surface area contributed by atoms with Crippen LogP contribution in [0.1, 0.15) is 22.0 Å². The predicted molar refractivity (Wildman–Crippen MR) is 56.4 cm³/mol. The summed E-state index contributed by atoms with van der Waals surface area (Å²) in [5.74, 6) is -2.43. The molecule has 0 aliphatic carbocycles. The normalized spacial score (nSPS) is 14.4. The largest absolute Gasteiger partial charge is 0.478 e. The summed E-state index contributed by atoms with van der Waals surface area (Å²) in [5.41, 5.74) is -0.819. The Hall–Kier alpha value is -1.21. The minimum absolute atomic E-state index is 0.266. The Kier molecular flexibility index (Phi) is 4.41. The smallest absolute Gasteiger partial charge is 0.337 e. The third-order valence-electron chi connectivity index (χ3n) is 2.19. The van der Waals surface area contributed by atoms with E-state index in [9.17, 15) is 14.3 Å². The molecule has 17 heavy (non-hydrogen) atoms. The average molecular weight is 265 g/mol. The molecule has 0 aliphatic heterocycles. The van der Waals surface area contributed by atoms with Gasteiger partial charge in [0.2, 0.25) is 0 Å². The molecule has 0 amide bonds. The number of benzene rings is 1. The average Bonchev–Trinajstić information content (AvgIpc) is 2.29. The highest BCUT2D eigenvalue weighted by Gasteiger charge is 2.23. The van der Waals surface area contributed by atoms with Gasteiger partial charge >= 0.3 is 5.97 Å². The van der Waals surface area contributed by atoms with Crippen molar-refractivity contribution in [1.82, 2.24) is 0 Å². The number of hydrogen-bond donors (Lipinski definition) is 4. The van der Waals surface area contributed by atoms with E-state index in [0.717, 1.165) is 6.07 Å². The van der Waals surface area contributed by atoms with E-state index in [0.29, 0.717) is 6.07 Å². The van der Waals surface area contributed by atoms with Crippen LogP contribution in [-0.4, -0.2) is 39.1 Å². The first-order valence-corrected chi connectivity index (χ1v) is 4.95. The number of carboxylic acid groups (broad SMARTS) is 1. The minimum atomic E-state index is -1.68. The summed E-state index contributed by atoms with van der Waals surface area (Å²) in [5, 5.41) is 35.6. The second-order valence-electron chi connectivity index (χ2n) is 3.35. The maximum Gasteiger partial charge on any atom is 0.337 e. The molecule has 0 fully saturated rings. The van der Waals surface area contributed by atoms with E-state index in [1.165, 1.54) is 0 Å². The number of hydrogen-bond acceptors (Lipinski definition) is 4. The van der Waals surface area contributed by atoms with E-state index in [4.69, 9.17) is 26.9 Å². The van der Waals surface area contributed by atoms with Crippen molar-refractivity contribution >= 4 is 17.6 Å². The highest BCUT2D eigenvalue weighted by Crippen LogP contribution is 2.27. The van der Waals surface area contributed by atoms with Gasteiger partial charge in [-0.05, 0) is 12.1 Å². The Balaban J connectivity index is 3.20. The van der Waals surface area contributed by atoms with Gasteiger partial charge in [0.05, 0.1) is 17.2 Å². The lowest BCUT2D eigenvalue weighted by atomic mass is 10.0. The van der Waals surface area contributed by atoms with Crippen molar-refractivity contribution in [1.29, 1.82) is 0 Å². The third kappa shape index (κ3) is 2.92. The molecule has 0 bridgehead atoms. The van der Waals surface area contributed by atoms with Gasteiger partial charge in [-0.15, -0.1) is 0 Å². The quantitative estimate of drug-likeness (QED) is 0.637. The van der Waals surface area contributed by atoms with E-state index >= 15 is 0 Å². The summed E-state index contributed by atoms with van der Waals surface area (Å²) >= 11 is 5.59. The molecule has 0 aromatic heterocycles. The summed E-state index contributed by atoms with van der Waals surface area (Å²) in [6.07, 6.45) is -3.25. The molecule has 94 valence electrons. The lowest BCUT2D eigenvalue weighted by molar-refractivity contribution is -0.0168. The summed E-state index contributed by atoms with van der Waals surface area (Å²) < 4.78 is 13.5. The van der Waals surface area contributed by atoms with E-state index in [2.05, 4.69) is 0 Å². The molecule has 7 heteroatoms. The van der Waals surface area contributed by atoms with E-state index < -0.39 is 36.2 Å². The van der Waals surface area contributed by atoms with Crippen molar-refractivity contribution in [3.63, 3.8) is 0 Å². The fraction of sp³-hybridized carbons (Fsp3) is 0.300. The van der Waals surface area contributed by atoms with Crippen molar-refractivity contribution < 1.29 is 29.6 Å². The van der Waals surface area contributed by atoms with Crippen molar-refractivity contribution in [2.75, 3.05) is 6.61 Å². The van der Waals surface area contributed by atoms with Gasteiger partial charge in [-0.25, -0.2) is 9.18 Å². The minimum Gasteiger partial charge on any atom is -0.478 e. The van der Waals surface area contributed by atoms with Crippen LogP contribution in [0.25, 0.3) is 0 Å².